The molecule has 1 N–H and O–H groups in total. The molecule has 2 aromatic rings. The zero-order valence-electron chi connectivity index (χ0n) is 15.3. The molecule has 4 nitrogen and oxygen atoms in total. The van der Waals surface area contributed by atoms with Gasteiger partial charge in [-0.3, -0.25) is 4.79 Å². The molecule has 2 aromatic carbocycles. The fourth-order valence-corrected chi connectivity index (χ4v) is 3.77. The van der Waals surface area contributed by atoms with E-state index in [9.17, 15) is 4.79 Å². The van der Waals surface area contributed by atoms with Crippen LogP contribution in [0.1, 0.15) is 31.4 Å². The number of rotatable bonds is 5. The molecular weight excluding hydrogens is 394 g/mol. The number of methoxy groups -OCH3 is 1. The van der Waals surface area contributed by atoms with E-state index in [4.69, 9.17) is 9.47 Å². The lowest BCUT2D eigenvalue weighted by atomic mass is 9.78. The summed E-state index contributed by atoms with van der Waals surface area (Å²) >= 11 is 3.64. The number of carbonyl (C=O) groups excluding carboxylic acids is 1. The molecule has 0 unspecified atom stereocenters. The number of hydrogen-bond acceptors (Lipinski definition) is 4. The van der Waals surface area contributed by atoms with Crippen molar-refractivity contribution < 1.29 is 14.3 Å². The first-order chi connectivity index (χ1) is 12.4. The van der Waals surface area contributed by atoms with E-state index < -0.39 is 0 Å². The van der Waals surface area contributed by atoms with Crippen molar-refractivity contribution in [3.8, 4) is 5.75 Å². The van der Waals surface area contributed by atoms with Crippen molar-refractivity contribution >= 4 is 21.9 Å². The summed E-state index contributed by atoms with van der Waals surface area (Å²) in [6.07, 6.45) is 0.555. The van der Waals surface area contributed by atoms with E-state index in [0.717, 1.165) is 10.2 Å². The zero-order valence-corrected chi connectivity index (χ0v) is 16.9. The molecule has 1 aliphatic rings. The Hall–Kier alpha value is -1.85. The second-order valence-electron chi connectivity index (χ2n) is 7.10. The van der Waals surface area contributed by atoms with Crippen LogP contribution in [0.15, 0.2) is 53.0 Å². The third-order valence-electron chi connectivity index (χ3n) is 5.02. The number of ether oxygens (including phenoxy) is 2. The van der Waals surface area contributed by atoms with Crippen molar-refractivity contribution in [1.29, 1.82) is 0 Å². The van der Waals surface area contributed by atoms with Crippen molar-refractivity contribution in [1.82, 2.24) is 5.32 Å². The van der Waals surface area contributed by atoms with Gasteiger partial charge in [0.1, 0.15) is 17.9 Å². The van der Waals surface area contributed by atoms with Gasteiger partial charge in [0.15, 0.2) is 0 Å². The zero-order chi connectivity index (χ0) is 18.7. The first-order valence-corrected chi connectivity index (χ1v) is 9.54. The van der Waals surface area contributed by atoms with Crippen LogP contribution in [0.25, 0.3) is 0 Å². The van der Waals surface area contributed by atoms with Crippen LogP contribution in [0.2, 0.25) is 0 Å². The maximum Gasteiger partial charge on any atom is 0.323 e. The highest BCUT2D eigenvalue weighted by Gasteiger charge is 2.32. The molecule has 5 heteroatoms. The maximum atomic E-state index is 11.6. The molecule has 0 bridgehead atoms. The Morgan fingerprint density at radius 3 is 2.54 bits per heavy atom. The lowest BCUT2D eigenvalue weighted by molar-refractivity contribution is -0.142. The molecule has 0 radical (unpaired) electrons. The monoisotopic (exact) mass is 417 g/mol. The van der Waals surface area contributed by atoms with Crippen LogP contribution in [-0.2, 0) is 14.9 Å². The lowest BCUT2D eigenvalue weighted by Gasteiger charge is -2.27. The highest BCUT2D eigenvalue weighted by atomic mass is 79.9. The van der Waals surface area contributed by atoms with Gasteiger partial charge in [-0.1, -0.05) is 50.2 Å². The van der Waals surface area contributed by atoms with Crippen LogP contribution < -0.4 is 10.1 Å². The minimum absolute atomic E-state index is 0.0524. The largest absolute Gasteiger partial charge is 0.488 e. The molecule has 1 aliphatic heterocycles. The number of benzene rings is 2. The molecule has 2 atom stereocenters. The molecule has 0 saturated carbocycles. The fourth-order valence-electron chi connectivity index (χ4n) is 3.30. The van der Waals surface area contributed by atoms with E-state index in [2.05, 4.69) is 71.5 Å². The normalized spacial score (nSPS) is 20.0. The molecule has 0 aromatic heterocycles. The summed E-state index contributed by atoms with van der Waals surface area (Å²) in [5, 5.41) is 3.14. The van der Waals surface area contributed by atoms with Crippen LogP contribution >= 0.6 is 15.9 Å². The van der Waals surface area contributed by atoms with Gasteiger partial charge >= 0.3 is 5.97 Å². The summed E-state index contributed by atoms with van der Waals surface area (Å²) in [4.78, 5) is 11.6. The Morgan fingerprint density at radius 1 is 1.15 bits per heavy atom. The average molecular weight is 418 g/mol. The second kappa shape index (κ2) is 7.80. The van der Waals surface area contributed by atoms with Crippen molar-refractivity contribution in [2.24, 2.45) is 0 Å². The first kappa shape index (κ1) is 18.9. The molecule has 26 heavy (non-hydrogen) atoms. The molecule has 1 saturated heterocycles. The Morgan fingerprint density at radius 2 is 1.88 bits per heavy atom. The number of nitrogens with one attached hydrogen (secondary N) is 1. The van der Waals surface area contributed by atoms with Crippen LogP contribution in [0.4, 0.5) is 0 Å². The van der Waals surface area contributed by atoms with Gasteiger partial charge in [-0.25, -0.2) is 0 Å². The SMILES string of the molecule is COC(=O)[C@@H]1C[C@@H](Oc2ccc(C(C)(C)c3ccccc3)cc2Br)CN1. The van der Waals surface area contributed by atoms with Crippen LogP contribution in [0.5, 0.6) is 5.75 Å². The highest BCUT2D eigenvalue weighted by Crippen LogP contribution is 2.36. The summed E-state index contributed by atoms with van der Waals surface area (Å²) in [7, 11) is 1.40. The van der Waals surface area contributed by atoms with E-state index in [1.54, 1.807) is 0 Å². The minimum atomic E-state index is -0.292. The summed E-state index contributed by atoms with van der Waals surface area (Å²) in [6, 6.07) is 16.4. The van der Waals surface area contributed by atoms with Gasteiger partial charge in [0.05, 0.1) is 11.6 Å². The third-order valence-corrected chi connectivity index (χ3v) is 5.64. The minimum Gasteiger partial charge on any atom is -0.488 e. The summed E-state index contributed by atoms with van der Waals surface area (Å²) in [5.41, 5.74) is 2.37. The van der Waals surface area contributed by atoms with E-state index in [1.165, 1.54) is 18.2 Å². The third kappa shape index (κ3) is 3.94. The Bertz CT molecular complexity index is 776. The topological polar surface area (TPSA) is 47.6 Å². The van der Waals surface area contributed by atoms with Crippen molar-refractivity contribution in [2.75, 3.05) is 13.7 Å². The van der Waals surface area contributed by atoms with Gasteiger partial charge in [0.2, 0.25) is 0 Å². The molecule has 0 amide bonds. The predicted octanol–water partition coefficient (Wildman–Crippen LogP) is 4.06. The van der Waals surface area contributed by atoms with Gasteiger partial charge in [-0.15, -0.1) is 0 Å². The number of carbonyl (C=O) groups is 1. The van der Waals surface area contributed by atoms with Crippen LogP contribution in [-0.4, -0.2) is 31.8 Å². The van der Waals surface area contributed by atoms with Crippen molar-refractivity contribution in [3.63, 3.8) is 0 Å². The van der Waals surface area contributed by atoms with E-state index in [-0.39, 0.29) is 23.5 Å². The molecule has 3 rings (SSSR count). The van der Waals surface area contributed by atoms with Crippen molar-refractivity contribution in [2.45, 2.75) is 37.8 Å². The Labute approximate surface area is 163 Å². The van der Waals surface area contributed by atoms with E-state index in [1.807, 2.05) is 12.1 Å². The van der Waals surface area contributed by atoms with Gasteiger partial charge in [-0.2, -0.15) is 0 Å². The highest BCUT2D eigenvalue weighted by molar-refractivity contribution is 9.10. The number of hydrogen-bond donors (Lipinski definition) is 1. The lowest BCUT2D eigenvalue weighted by Crippen LogP contribution is -2.31. The van der Waals surface area contributed by atoms with Gasteiger partial charge < -0.3 is 14.8 Å². The molecular formula is C21H24BrNO3. The number of esters is 1. The quantitative estimate of drug-likeness (QED) is 0.745. The summed E-state index contributed by atoms with van der Waals surface area (Å²) in [5.74, 6) is 0.546. The summed E-state index contributed by atoms with van der Waals surface area (Å²) in [6.45, 7) is 5.06. The van der Waals surface area contributed by atoms with Gasteiger partial charge in [-0.05, 0) is 39.2 Å². The smallest absolute Gasteiger partial charge is 0.323 e. The second-order valence-corrected chi connectivity index (χ2v) is 7.95. The van der Waals surface area contributed by atoms with Gasteiger partial charge in [0.25, 0.3) is 0 Å². The predicted molar refractivity (Wildman–Crippen MR) is 106 cm³/mol. The average Bonchev–Trinajstić information content (AvgIpc) is 3.12. The van der Waals surface area contributed by atoms with Crippen LogP contribution in [0.3, 0.4) is 0 Å². The number of halogens is 1. The first-order valence-electron chi connectivity index (χ1n) is 8.75. The van der Waals surface area contributed by atoms with E-state index >= 15 is 0 Å². The summed E-state index contributed by atoms with van der Waals surface area (Å²) < 4.78 is 11.8. The Kier molecular flexibility index (Phi) is 5.68. The van der Waals surface area contributed by atoms with Crippen molar-refractivity contribution in [3.05, 3.63) is 64.1 Å². The Balaban J connectivity index is 1.73. The molecule has 138 valence electrons. The van der Waals surface area contributed by atoms with Crippen LogP contribution in [0, 0.1) is 0 Å². The fraction of sp³-hybridized carbons (Fsp3) is 0.381. The maximum absolute atomic E-state index is 11.6. The molecule has 0 aliphatic carbocycles. The standard InChI is InChI=1S/C21H24BrNO3/c1-21(2,14-7-5-4-6-8-14)15-9-10-19(17(22)11-15)26-16-12-18(23-13-16)20(24)25-3/h4-11,16,18,23H,12-13H2,1-3H3/t16-,18+/m1/s1. The molecule has 1 heterocycles. The molecule has 1 fully saturated rings. The van der Waals surface area contributed by atoms with E-state index in [0.29, 0.717) is 13.0 Å². The van der Waals surface area contributed by atoms with Gasteiger partial charge in [0, 0.05) is 18.4 Å². The molecule has 0 spiro atoms.